The average molecular weight is 518 g/mol. The van der Waals surface area contributed by atoms with Crippen LogP contribution < -0.4 is 4.74 Å². The van der Waals surface area contributed by atoms with Crippen LogP contribution in [-0.2, 0) is 19.4 Å². The Morgan fingerprint density at radius 1 is 0.865 bits per heavy atom. The number of fused-ring (bicyclic) bond motifs is 1. The smallest absolute Gasteiger partial charge is 0.141 e. The standard InChI is InChI=1S/C32H40ClN3O/c1-4-7-21-36-31-18-13-25(11-9-20-35(5-2)6-3)24-30(31)34-32(36)27-14-16-29(17-15-27)37-22-19-26-10-8-12-28(33)23-26/h8,10,12-18,23-24H,4-7,9,11,19-22H2,1-3H3. The zero-order chi connectivity index (χ0) is 26.0. The number of ether oxygens (including phenoxy) is 1. The van der Waals surface area contributed by atoms with Crippen LogP contribution in [-0.4, -0.2) is 40.7 Å². The number of hydrogen-bond donors (Lipinski definition) is 0. The van der Waals surface area contributed by atoms with E-state index < -0.39 is 0 Å². The minimum atomic E-state index is 0.617. The number of aryl methyl sites for hydroxylation is 2. The summed E-state index contributed by atoms with van der Waals surface area (Å²) in [4.78, 5) is 7.60. The third-order valence-corrected chi connectivity index (χ3v) is 7.28. The van der Waals surface area contributed by atoms with Crippen LogP contribution in [0.1, 0.15) is 51.2 Å². The van der Waals surface area contributed by atoms with Gasteiger partial charge in [-0.1, -0.05) is 57.0 Å². The van der Waals surface area contributed by atoms with E-state index in [9.17, 15) is 0 Å². The number of rotatable bonds is 14. The lowest BCUT2D eigenvalue weighted by atomic mass is 10.1. The Labute approximate surface area is 227 Å². The molecule has 0 aliphatic rings. The van der Waals surface area contributed by atoms with Crippen LogP contribution in [0.5, 0.6) is 5.75 Å². The molecule has 0 aliphatic heterocycles. The van der Waals surface area contributed by atoms with E-state index >= 15 is 0 Å². The van der Waals surface area contributed by atoms with Crippen LogP contribution in [0.25, 0.3) is 22.4 Å². The van der Waals surface area contributed by atoms with Crippen molar-refractivity contribution in [1.82, 2.24) is 14.5 Å². The maximum atomic E-state index is 6.09. The Bertz CT molecular complexity index is 1260. The fourth-order valence-corrected chi connectivity index (χ4v) is 5.03. The van der Waals surface area contributed by atoms with Crippen LogP contribution in [0.3, 0.4) is 0 Å². The minimum absolute atomic E-state index is 0.617. The van der Waals surface area contributed by atoms with Gasteiger partial charge < -0.3 is 14.2 Å². The molecule has 4 aromatic rings. The highest BCUT2D eigenvalue weighted by atomic mass is 35.5. The average Bonchev–Trinajstić information content (AvgIpc) is 3.28. The highest BCUT2D eigenvalue weighted by molar-refractivity contribution is 6.30. The first-order valence-corrected chi connectivity index (χ1v) is 14.2. The largest absolute Gasteiger partial charge is 0.493 e. The molecule has 0 atom stereocenters. The van der Waals surface area contributed by atoms with E-state index in [4.69, 9.17) is 21.3 Å². The summed E-state index contributed by atoms with van der Waals surface area (Å²) in [5, 5.41) is 0.763. The van der Waals surface area contributed by atoms with Crippen molar-refractivity contribution in [3.05, 3.63) is 82.9 Å². The molecule has 0 radical (unpaired) electrons. The topological polar surface area (TPSA) is 30.3 Å². The van der Waals surface area contributed by atoms with Crippen molar-refractivity contribution >= 4 is 22.6 Å². The van der Waals surface area contributed by atoms with Gasteiger partial charge in [0.1, 0.15) is 11.6 Å². The zero-order valence-corrected chi connectivity index (χ0v) is 23.3. The van der Waals surface area contributed by atoms with Gasteiger partial charge in [0, 0.05) is 23.6 Å². The van der Waals surface area contributed by atoms with Crippen molar-refractivity contribution in [2.24, 2.45) is 0 Å². The molecule has 1 heterocycles. The molecule has 3 aromatic carbocycles. The number of unbranched alkanes of at least 4 members (excludes halogenated alkanes) is 1. The second kappa shape index (κ2) is 13.6. The van der Waals surface area contributed by atoms with Crippen LogP contribution in [0.15, 0.2) is 66.7 Å². The predicted octanol–water partition coefficient (Wildman–Crippen LogP) is 8.05. The molecule has 0 N–H and O–H groups in total. The second-order valence-corrected chi connectivity index (χ2v) is 10.1. The van der Waals surface area contributed by atoms with Crippen molar-refractivity contribution in [2.75, 3.05) is 26.2 Å². The fraction of sp³-hybridized carbons (Fsp3) is 0.406. The van der Waals surface area contributed by atoms with E-state index in [0.717, 1.165) is 79.5 Å². The van der Waals surface area contributed by atoms with Gasteiger partial charge in [-0.15, -0.1) is 0 Å². The van der Waals surface area contributed by atoms with Crippen molar-refractivity contribution in [3.63, 3.8) is 0 Å². The molecular weight excluding hydrogens is 478 g/mol. The summed E-state index contributed by atoms with van der Waals surface area (Å²) < 4.78 is 8.39. The Balaban J connectivity index is 1.47. The lowest BCUT2D eigenvalue weighted by Gasteiger charge is -2.17. The molecule has 0 unspecified atom stereocenters. The number of benzene rings is 3. The van der Waals surface area contributed by atoms with E-state index in [1.54, 1.807) is 0 Å². The first-order valence-electron chi connectivity index (χ1n) is 13.8. The molecule has 196 valence electrons. The number of aromatic nitrogens is 2. The van der Waals surface area contributed by atoms with Gasteiger partial charge >= 0.3 is 0 Å². The van der Waals surface area contributed by atoms with Crippen LogP contribution in [0.2, 0.25) is 5.02 Å². The summed E-state index contributed by atoms with van der Waals surface area (Å²) in [6, 6.07) is 23.1. The maximum absolute atomic E-state index is 6.09. The van der Waals surface area contributed by atoms with Gasteiger partial charge in [-0.05, 0) is 98.6 Å². The van der Waals surface area contributed by atoms with Gasteiger partial charge in [-0.3, -0.25) is 0 Å². The van der Waals surface area contributed by atoms with Crippen molar-refractivity contribution in [3.8, 4) is 17.1 Å². The molecule has 37 heavy (non-hydrogen) atoms. The van der Waals surface area contributed by atoms with E-state index in [1.807, 2.05) is 18.2 Å². The molecule has 4 nitrogen and oxygen atoms in total. The second-order valence-electron chi connectivity index (χ2n) is 9.65. The molecule has 0 saturated heterocycles. The number of hydrogen-bond acceptors (Lipinski definition) is 3. The summed E-state index contributed by atoms with van der Waals surface area (Å²) in [5.41, 5.74) is 5.99. The molecular formula is C32H40ClN3O. The lowest BCUT2D eigenvalue weighted by molar-refractivity contribution is 0.300. The van der Waals surface area contributed by atoms with E-state index in [-0.39, 0.29) is 0 Å². The Morgan fingerprint density at radius 2 is 1.65 bits per heavy atom. The van der Waals surface area contributed by atoms with Gasteiger partial charge in [0.2, 0.25) is 0 Å². The molecule has 5 heteroatoms. The monoisotopic (exact) mass is 517 g/mol. The molecule has 4 rings (SSSR count). The third-order valence-electron chi connectivity index (χ3n) is 7.04. The summed E-state index contributed by atoms with van der Waals surface area (Å²) in [7, 11) is 0. The van der Waals surface area contributed by atoms with Crippen molar-refractivity contribution in [2.45, 2.75) is 59.4 Å². The van der Waals surface area contributed by atoms with Gasteiger partial charge in [0.15, 0.2) is 0 Å². The highest BCUT2D eigenvalue weighted by Crippen LogP contribution is 2.28. The first kappa shape index (κ1) is 27.2. The predicted molar refractivity (Wildman–Crippen MR) is 157 cm³/mol. The summed E-state index contributed by atoms with van der Waals surface area (Å²) in [5.74, 6) is 1.91. The quantitative estimate of drug-likeness (QED) is 0.169. The Hall–Kier alpha value is -2.82. The molecule has 0 aliphatic carbocycles. The van der Waals surface area contributed by atoms with Crippen LogP contribution in [0.4, 0.5) is 0 Å². The van der Waals surface area contributed by atoms with Gasteiger partial charge in [-0.25, -0.2) is 4.98 Å². The Morgan fingerprint density at radius 3 is 2.38 bits per heavy atom. The van der Waals surface area contributed by atoms with E-state index in [1.165, 1.54) is 23.1 Å². The van der Waals surface area contributed by atoms with Gasteiger partial charge in [0.25, 0.3) is 0 Å². The molecule has 0 saturated carbocycles. The number of nitrogens with zero attached hydrogens (tertiary/aromatic N) is 3. The van der Waals surface area contributed by atoms with Crippen LogP contribution >= 0.6 is 11.6 Å². The van der Waals surface area contributed by atoms with E-state index in [0.29, 0.717) is 6.61 Å². The summed E-state index contributed by atoms with van der Waals surface area (Å²) in [6.45, 7) is 11.7. The molecule has 1 aromatic heterocycles. The first-order chi connectivity index (χ1) is 18.1. The maximum Gasteiger partial charge on any atom is 0.141 e. The summed E-state index contributed by atoms with van der Waals surface area (Å²) >= 11 is 6.09. The fourth-order valence-electron chi connectivity index (χ4n) is 4.82. The van der Waals surface area contributed by atoms with Gasteiger partial charge in [0.05, 0.1) is 17.6 Å². The summed E-state index contributed by atoms with van der Waals surface area (Å²) in [6.07, 6.45) is 5.38. The minimum Gasteiger partial charge on any atom is -0.493 e. The highest BCUT2D eigenvalue weighted by Gasteiger charge is 2.13. The van der Waals surface area contributed by atoms with Crippen molar-refractivity contribution in [1.29, 1.82) is 0 Å². The normalized spacial score (nSPS) is 11.5. The molecule has 0 spiro atoms. The Kier molecular flexibility index (Phi) is 10.0. The molecule has 0 bridgehead atoms. The van der Waals surface area contributed by atoms with Crippen LogP contribution in [0, 0.1) is 0 Å². The van der Waals surface area contributed by atoms with Gasteiger partial charge in [-0.2, -0.15) is 0 Å². The zero-order valence-electron chi connectivity index (χ0n) is 22.5. The third kappa shape index (κ3) is 7.37. The SMILES string of the molecule is CCCCn1c(-c2ccc(OCCc3cccc(Cl)c3)cc2)nc2cc(CCCN(CC)CC)ccc21. The van der Waals surface area contributed by atoms with E-state index in [2.05, 4.69) is 78.8 Å². The number of halogens is 1. The molecule has 0 fully saturated rings. The molecule has 0 amide bonds. The van der Waals surface area contributed by atoms with Crippen molar-refractivity contribution < 1.29 is 4.74 Å². The lowest BCUT2D eigenvalue weighted by Crippen LogP contribution is -2.24. The number of imidazole rings is 1.